The van der Waals surface area contributed by atoms with Crippen molar-refractivity contribution in [3.63, 3.8) is 0 Å². The monoisotopic (exact) mass is 629 g/mol. The molecule has 0 aliphatic carbocycles. The van der Waals surface area contributed by atoms with Crippen LogP contribution in [0.5, 0.6) is 17.4 Å². The van der Waals surface area contributed by atoms with E-state index in [1.54, 1.807) is 70.5 Å². The van der Waals surface area contributed by atoms with E-state index in [9.17, 15) is 18.0 Å². The minimum Gasteiger partial charge on any atom is -0.497 e. The molecule has 240 valence electrons. The van der Waals surface area contributed by atoms with E-state index in [-0.39, 0.29) is 55.9 Å². The van der Waals surface area contributed by atoms with Crippen LogP contribution < -0.4 is 14.2 Å². The lowest BCUT2D eigenvalue weighted by atomic mass is 10.1. The number of methoxy groups -OCH3 is 1. The number of pyridine rings is 2. The third kappa shape index (κ3) is 9.43. The number of benzene rings is 1. The molecule has 0 amide bonds. The normalized spacial score (nSPS) is 11.7. The van der Waals surface area contributed by atoms with Crippen LogP contribution in [0.15, 0.2) is 67.1 Å². The Bertz CT molecular complexity index is 1570. The molecule has 0 aliphatic rings. The van der Waals surface area contributed by atoms with Crippen LogP contribution in [-0.2, 0) is 35.5 Å². The molecule has 0 aliphatic heterocycles. The summed E-state index contributed by atoms with van der Waals surface area (Å²) in [5.74, 6) is 0.904. The van der Waals surface area contributed by atoms with Gasteiger partial charge in [-0.2, -0.15) is 13.2 Å². The highest BCUT2D eigenvalue weighted by atomic mass is 19.4. The standard InChI is InChI=1S/C32H34F3N3O7/c1-31(2,3)45-30(40)38-17-23(32(33,34)35)13-27(38)26-16-37-29(14-28(26)43-18-21-6-9-25(41-4)10-7-21)44-19-22-5-8-24(36-15-22)20-42-12-11-39/h5-10,13-17,39H,11-12,18-20H2,1-4H3. The number of carbonyl (C=O) groups is 1. The molecular formula is C32H34F3N3O7. The second-order valence-corrected chi connectivity index (χ2v) is 10.8. The Morgan fingerprint density at radius 3 is 2.24 bits per heavy atom. The van der Waals surface area contributed by atoms with E-state index in [4.69, 9.17) is 28.8 Å². The molecule has 0 saturated heterocycles. The van der Waals surface area contributed by atoms with Crippen LogP contribution in [0.25, 0.3) is 11.3 Å². The van der Waals surface area contributed by atoms with Gasteiger partial charge in [-0.3, -0.25) is 9.55 Å². The third-order valence-corrected chi connectivity index (χ3v) is 6.17. The van der Waals surface area contributed by atoms with Crippen LogP contribution in [0.1, 0.15) is 43.2 Å². The van der Waals surface area contributed by atoms with Crippen molar-refractivity contribution in [3.8, 4) is 28.6 Å². The van der Waals surface area contributed by atoms with Gasteiger partial charge in [0, 0.05) is 30.2 Å². The molecule has 10 nitrogen and oxygen atoms in total. The molecule has 0 unspecified atom stereocenters. The maximum atomic E-state index is 13.8. The number of carbonyl (C=O) groups excluding carboxylic acids is 1. The molecule has 0 saturated carbocycles. The summed E-state index contributed by atoms with van der Waals surface area (Å²) in [5.41, 5.74) is 0.155. The molecule has 3 heterocycles. The SMILES string of the molecule is COc1ccc(COc2cc(OCc3ccc(COCCO)nc3)ncc2-c2cc(C(F)(F)F)cn2C(=O)OC(C)(C)C)cc1. The van der Waals surface area contributed by atoms with E-state index in [0.29, 0.717) is 17.6 Å². The molecule has 13 heteroatoms. The van der Waals surface area contributed by atoms with Gasteiger partial charge in [0.2, 0.25) is 5.88 Å². The fraction of sp³-hybridized carbons (Fsp3) is 0.344. The van der Waals surface area contributed by atoms with Gasteiger partial charge in [0.15, 0.2) is 0 Å². The molecule has 4 rings (SSSR count). The highest BCUT2D eigenvalue weighted by Gasteiger charge is 2.35. The van der Waals surface area contributed by atoms with E-state index < -0.39 is 23.4 Å². The quantitative estimate of drug-likeness (QED) is 0.177. The topological polar surface area (TPSA) is 114 Å². The van der Waals surface area contributed by atoms with Crippen molar-refractivity contribution >= 4 is 6.09 Å². The van der Waals surface area contributed by atoms with Crippen molar-refractivity contribution in [2.24, 2.45) is 0 Å². The van der Waals surface area contributed by atoms with Crippen molar-refractivity contribution in [2.45, 2.75) is 52.4 Å². The molecule has 0 spiro atoms. The van der Waals surface area contributed by atoms with Crippen molar-refractivity contribution in [2.75, 3.05) is 20.3 Å². The second-order valence-electron chi connectivity index (χ2n) is 10.8. The van der Waals surface area contributed by atoms with Gasteiger partial charge in [-0.05, 0) is 50.6 Å². The van der Waals surface area contributed by atoms with Crippen LogP contribution in [0, 0.1) is 0 Å². The minimum absolute atomic E-state index is 0.0451. The van der Waals surface area contributed by atoms with Gasteiger partial charge in [0.05, 0.1) is 49.4 Å². The summed E-state index contributed by atoms with van der Waals surface area (Å²) in [6.07, 6.45) is -2.13. The summed E-state index contributed by atoms with van der Waals surface area (Å²) >= 11 is 0. The first kappa shape index (κ1) is 33.3. The summed E-state index contributed by atoms with van der Waals surface area (Å²) in [5, 5.41) is 8.84. The van der Waals surface area contributed by atoms with Gasteiger partial charge in [-0.1, -0.05) is 18.2 Å². The smallest absolute Gasteiger partial charge is 0.419 e. The van der Waals surface area contributed by atoms with E-state index in [1.165, 1.54) is 12.3 Å². The highest BCUT2D eigenvalue weighted by Crippen LogP contribution is 2.38. The number of hydrogen-bond acceptors (Lipinski definition) is 9. The highest BCUT2D eigenvalue weighted by molar-refractivity contribution is 5.81. The van der Waals surface area contributed by atoms with Crippen LogP contribution in [-0.4, -0.2) is 51.7 Å². The van der Waals surface area contributed by atoms with Crippen LogP contribution in [0.4, 0.5) is 18.0 Å². The Morgan fingerprint density at radius 2 is 1.62 bits per heavy atom. The van der Waals surface area contributed by atoms with E-state index in [1.807, 2.05) is 0 Å². The Balaban J connectivity index is 1.65. The molecule has 0 atom stereocenters. The molecule has 45 heavy (non-hydrogen) atoms. The summed E-state index contributed by atoms with van der Waals surface area (Å²) in [6, 6.07) is 12.9. The van der Waals surface area contributed by atoms with Gasteiger partial charge in [-0.15, -0.1) is 0 Å². The molecule has 3 aromatic heterocycles. The van der Waals surface area contributed by atoms with Crippen LogP contribution in [0.2, 0.25) is 0 Å². The van der Waals surface area contributed by atoms with Gasteiger partial charge in [0.1, 0.15) is 30.3 Å². The van der Waals surface area contributed by atoms with E-state index >= 15 is 0 Å². The van der Waals surface area contributed by atoms with Gasteiger partial charge in [-0.25, -0.2) is 9.78 Å². The molecule has 0 fully saturated rings. The average Bonchev–Trinajstić information content (AvgIpc) is 3.46. The van der Waals surface area contributed by atoms with Crippen LogP contribution >= 0.6 is 0 Å². The average molecular weight is 630 g/mol. The zero-order valence-corrected chi connectivity index (χ0v) is 25.3. The molecular weight excluding hydrogens is 595 g/mol. The Hall–Kier alpha value is -4.62. The number of aliphatic hydroxyl groups is 1. The Labute approximate surface area is 258 Å². The number of aromatic nitrogens is 3. The Morgan fingerprint density at radius 1 is 0.911 bits per heavy atom. The second kappa shape index (κ2) is 14.4. The fourth-order valence-electron chi connectivity index (χ4n) is 4.00. The first-order valence-corrected chi connectivity index (χ1v) is 13.9. The largest absolute Gasteiger partial charge is 0.497 e. The van der Waals surface area contributed by atoms with Crippen molar-refractivity contribution < 1.29 is 46.8 Å². The van der Waals surface area contributed by atoms with Crippen molar-refractivity contribution in [1.82, 2.24) is 14.5 Å². The maximum Gasteiger partial charge on any atom is 0.419 e. The van der Waals surface area contributed by atoms with Crippen molar-refractivity contribution in [3.05, 3.63) is 89.5 Å². The number of alkyl halides is 3. The fourth-order valence-corrected chi connectivity index (χ4v) is 4.00. The van der Waals surface area contributed by atoms with Gasteiger partial charge in [0.25, 0.3) is 0 Å². The number of nitrogens with zero attached hydrogens (tertiary/aromatic N) is 3. The number of hydrogen-bond donors (Lipinski definition) is 1. The lowest BCUT2D eigenvalue weighted by Gasteiger charge is -2.21. The Kier molecular flexibility index (Phi) is 10.7. The minimum atomic E-state index is -4.73. The summed E-state index contributed by atoms with van der Waals surface area (Å²) < 4.78 is 70.0. The van der Waals surface area contributed by atoms with E-state index in [2.05, 4.69) is 9.97 Å². The molecule has 4 aromatic rings. The lowest BCUT2D eigenvalue weighted by molar-refractivity contribution is -0.137. The predicted molar refractivity (Wildman–Crippen MR) is 157 cm³/mol. The third-order valence-electron chi connectivity index (χ3n) is 6.17. The lowest BCUT2D eigenvalue weighted by Crippen LogP contribution is -2.27. The van der Waals surface area contributed by atoms with E-state index in [0.717, 1.165) is 21.8 Å². The zero-order valence-electron chi connectivity index (χ0n) is 25.3. The predicted octanol–water partition coefficient (Wildman–Crippen LogP) is 6.42. The number of aliphatic hydroxyl groups excluding tert-OH is 1. The summed E-state index contributed by atoms with van der Waals surface area (Å²) in [7, 11) is 1.55. The zero-order chi connectivity index (χ0) is 32.6. The maximum absolute atomic E-state index is 13.8. The van der Waals surface area contributed by atoms with Crippen molar-refractivity contribution in [1.29, 1.82) is 0 Å². The number of rotatable bonds is 12. The number of halogens is 3. The summed E-state index contributed by atoms with van der Waals surface area (Å²) in [4.78, 5) is 21.6. The number of ether oxygens (including phenoxy) is 5. The molecule has 0 bridgehead atoms. The first-order valence-electron chi connectivity index (χ1n) is 13.9. The van der Waals surface area contributed by atoms with Crippen LogP contribution in [0.3, 0.4) is 0 Å². The molecule has 1 N–H and O–H groups in total. The van der Waals surface area contributed by atoms with Gasteiger partial charge >= 0.3 is 12.3 Å². The first-order chi connectivity index (χ1) is 21.4. The molecule has 1 aromatic carbocycles. The molecule has 0 radical (unpaired) electrons. The summed E-state index contributed by atoms with van der Waals surface area (Å²) in [6.45, 7) is 5.35. The van der Waals surface area contributed by atoms with Gasteiger partial charge < -0.3 is 28.8 Å².